The number of aromatic nitrogens is 6. The predicted molar refractivity (Wildman–Crippen MR) is 448 cm³/mol. The lowest BCUT2D eigenvalue weighted by Crippen LogP contribution is -2.52. The van der Waals surface area contributed by atoms with E-state index in [0.717, 1.165) is 105 Å². The van der Waals surface area contributed by atoms with Crippen molar-refractivity contribution >= 4 is 80.0 Å². The molecule has 7 N–H and O–H groups in total. The lowest BCUT2D eigenvalue weighted by molar-refractivity contribution is -0.140. The molecule has 6 saturated carbocycles. The van der Waals surface area contributed by atoms with Gasteiger partial charge in [-0.2, -0.15) is 0 Å². The minimum Gasteiger partial charge on any atom is -0.476 e. The normalized spacial score (nSPS) is 31.0. The fraction of sp³-hybridized carbons (Fsp3) is 0.644. The molecule has 0 spiro atoms. The molecule has 3 aromatic heterocycles. The molecule has 29 heteroatoms. The van der Waals surface area contributed by atoms with Crippen LogP contribution in [-0.4, -0.2) is 192 Å². The van der Waals surface area contributed by atoms with Gasteiger partial charge in [-0.05, 0) is 221 Å². The SMILES string of the molecule is CC(C)(O/N=C(\C(=O)O)c1nc2ccccc2n(C2C[C@H]3CC[C@@H](C2)N3C2C[C@H]3CCCC[C@@H](C2)C3)c1=O)C(N)=O.COCCO/N=C(\C(=O)O)c1nc2ccccc2n(C2C[C@H]3CC[C@@H](C2)N3C2C[C@H]3CCCC[C@@H](C2)C3)c1=O.NC(=O)CO/N=C(\C(=O)O)c1nc2ccccc2n(C2C[C@H]3CC[C@@H](C2)N3C2C[C@H]3CCCC[C@@H](C2)C3)c1=O. The highest BCUT2D eigenvalue weighted by Crippen LogP contribution is 2.52. The van der Waals surface area contributed by atoms with Crippen molar-refractivity contribution in [2.45, 2.75) is 304 Å². The van der Waals surface area contributed by atoms with E-state index < -0.39 is 75.7 Å². The number of primary amides is 2. The molecule has 12 fully saturated rings. The molecule has 29 nitrogen and oxygen atoms in total. The quantitative estimate of drug-likeness (QED) is 0.0239. The molecule has 638 valence electrons. The van der Waals surface area contributed by atoms with Gasteiger partial charge >= 0.3 is 17.9 Å². The number of carbonyl (C=O) groups excluding carboxylic acids is 2. The fourth-order valence-electron chi connectivity index (χ4n) is 24.5. The highest BCUT2D eigenvalue weighted by molar-refractivity contribution is 6.43. The number of ether oxygens (including phenoxy) is 1. The molecular formula is C90H118N14O15. The van der Waals surface area contributed by atoms with Crippen LogP contribution in [-0.2, 0) is 43.2 Å². The standard InChI is InChI=1S/C31H41N5O5.C30H40N4O5.C29H37N5O5/c1-31(2,30(32)40)41-34-27(29(38)39)26-28(37)36(25-10-6-5-9-24(25)33-26)23-16-20-11-12-21(17-23)35(20)22-14-18-7-3-4-8-19(13-18)15-22;1-38-12-13-39-32-28(30(36)37)27-29(35)34(26-9-5-4-8-25(26)31-27)24-17-21-10-11-22(18-24)33(21)23-15-19-6-2-3-7-20(14-19)16-23;30-25(35)16-39-32-27(29(37)38)26-28(36)34(24-8-4-3-7-23(24)31-26)22-14-19-9-10-20(15-22)33(19)21-12-17-5-1-2-6-18(11-17)13-21/h5-6,9-10,18-23H,3-4,7-8,11-17H2,1-2H3,(H2,32,40)(H,38,39);4-5,8-9,19-24H,2-3,6-7,10-18H2,1H3,(H,36,37);3-4,7-8,17-22H,1-2,5-6,9-16H2,(H2,30,35)(H,37,38)/b34-27-;32-28-;32-27-/t18-,19+,20-,21+,22?,23?;19-,20+,21-,22+,23?,24?;17-,18+,19-,20+,21?,22?. The molecule has 6 unspecified atom stereocenters. The Morgan fingerprint density at radius 2 is 0.672 bits per heavy atom. The largest absolute Gasteiger partial charge is 0.476 e. The van der Waals surface area contributed by atoms with Crippen LogP contribution in [0.4, 0.5) is 0 Å². The van der Waals surface area contributed by atoms with E-state index in [-0.39, 0.29) is 48.4 Å². The third-order valence-corrected chi connectivity index (χ3v) is 29.2. The number of methoxy groups -OCH3 is 1. The summed E-state index contributed by atoms with van der Waals surface area (Å²) in [6.07, 6.45) is 40.7. The van der Waals surface area contributed by atoms with Gasteiger partial charge in [0.2, 0.25) is 22.7 Å². The Balaban J connectivity index is 0.000000133. The molecule has 6 aromatic rings. The lowest BCUT2D eigenvalue weighted by atomic mass is 9.76. The van der Waals surface area contributed by atoms with Crippen LogP contribution in [0, 0.1) is 35.5 Å². The zero-order chi connectivity index (χ0) is 82.9. The van der Waals surface area contributed by atoms with Crippen LogP contribution >= 0.6 is 0 Å². The van der Waals surface area contributed by atoms with Gasteiger partial charge in [0, 0.05) is 79.6 Å². The molecule has 0 radical (unpaired) electrons. The molecule has 18 rings (SSSR count). The minimum atomic E-state index is -1.56. The van der Waals surface area contributed by atoms with E-state index >= 15 is 0 Å². The number of carboxylic acid groups (broad SMARTS) is 3. The fourth-order valence-corrected chi connectivity index (χ4v) is 24.5. The number of para-hydroxylation sites is 6. The molecular weight excluding hydrogens is 1520 g/mol. The van der Waals surface area contributed by atoms with E-state index in [0.29, 0.717) is 82.0 Å². The first-order chi connectivity index (χ1) is 57.5. The van der Waals surface area contributed by atoms with Gasteiger partial charge in [-0.25, -0.2) is 29.3 Å². The number of hydrogen-bond acceptors (Lipinski definition) is 21. The van der Waals surface area contributed by atoms with Crippen molar-refractivity contribution in [3.05, 3.63) is 121 Å². The zero-order valence-electron chi connectivity index (χ0n) is 69.0. The molecule has 12 aliphatic rings. The number of benzene rings is 3. The summed E-state index contributed by atoms with van der Waals surface area (Å²) in [6, 6.07) is 26.6. The van der Waals surface area contributed by atoms with E-state index in [1.807, 2.05) is 65.2 Å². The van der Waals surface area contributed by atoms with Crippen molar-refractivity contribution < 1.29 is 58.5 Å². The third kappa shape index (κ3) is 17.8. The second-order valence-electron chi connectivity index (χ2n) is 37.1. The van der Waals surface area contributed by atoms with Crippen LogP contribution in [0.1, 0.15) is 261 Å². The number of oxime groups is 3. The number of aliphatic carboxylic acids is 3. The summed E-state index contributed by atoms with van der Waals surface area (Å²) in [5.74, 6) is -0.712. The first-order valence-corrected chi connectivity index (χ1v) is 44.3. The summed E-state index contributed by atoms with van der Waals surface area (Å²) in [5, 5.41) is 40.8. The number of carboxylic acids is 3. The highest BCUT2D eigenvalue weighted by Gasteiger charge is 2.51. The second kappa shape index (κ2) is 36.2. The van der Waals surface area contributed by atoms with Crippen LogP contribution in [0.2, 0.25) is 0 Å². The van der Waals surface area contributed by atoms with Crippen molar-refractivity contribution in [1.29, 1.82) is 0 Å². The molecule has 9 heterocycles. The summed E-state index contributed by atoms with van der Waals surface area (Å²) in [6.45, 7) is 2.52. The van der Waals surface area contributed by atoms with E-state index in [4.69, 9.17) is 30.7 Å². The van der Waals surface area contributed by atoms with Crippen molar-refractivity contribution in [2.75, 3.05) is 26.9 Å². The van der Waals surface area contributed by atoms with Gasteiger partial charge < -0.3 is 59.7 Å². The first-order valence-electron chi connectivity index (χ1n) is 44.3. The summed E-state index contributed by atoms with van der Waals surface area (Å²) in [7, 11) is 1.52. The zero-order valence-corrected chi connectivity index (χ0v) is 69.0. The monoisotopic (exact) mass is 1630 g/mol. The van der Waals surface area contributed by atoms with Crippen LogP contribution < -0.4 is 28.1 Å². The minimum absolute atomic E-state index is 0.00628. The maximum atomic E-state index is 14.1. The maximum absolute atomic E-state index is 14.1. The number of carbonyl (C=O) groups is 5. The molecule has 6 aliphatic carbocycles. The Morgan fingerprint density at radius 1 is 0.387 bits per heavy atom. The number of rotatable bonds is 22. The Hall–Kier alpha value is -9.32. The van der Waals surface area contributed by atoms with Gasteiger partial charge in [0.25, 0.3) is 28.5 Å². The molecule has 119 heavy (non-hydrogen) atoms. The van der Waals surface area contributed by atoms with Crippen LogP contribution in [0.15, 0.2) is 103 Å². The van der Waals surface area contributed by atoms with E-state index in [1.165, 1.54) is 169 Å². The number of nitrogens with two attached hydrogens (primary N) is 2. The summed E-state index contributed by atoms with van der Waals surface area (Å²) in [4.78, 5) is 138. The van der Waals surface area contributed by atoms with Crippen molar-refractivity contribution in [3.63, 3.8) is 0 Å². The smallest absolute Gasteiger partial charge is 0.360 e. The Labute approximate surface area is 692 Å². The van der Waals surface area contributed by atoms with Gasteiger partial charge in [-0.15, -0.1) is 0 Å². The molecule has 6 saturated heterocycles. The van der Waals surface area contributed by atoms with Gasteiger partial charge in [0.1, 0.15) is 6.61 Å². The Morgan fingerprint density at radius 3 is 0.950 bits per heavy atom. The van der Waals surface area contributed by atoms with E-state index in [1.54, 1.807) is 21.3 Å². The van der Waals surface area contributed by atoms with Gasteiger partial charge in [-0.3, -0.25) is 38.7 Å². The number of fused-ring (bicyclic) bond motifs is 15. The van der Waals surface area contributed by atoms with Crippen molar-refractivity contribution in [2.24, 2.45) is 62.4 Å². The Bertz CT molecular complexity index is 4980. The highest BCUT2D eigenvalue weighted by atomic mass is 16.7. The number of nitrogens with zero attached hydrogens (tertiary/aromatic N) is 12. The molecule has 2 amide bonds. The number of amides is 2. The van der Waals surface area contributed by atoms with E-state index in [9.17, 15) is 53.7 Å². The lowest BCUT2D eigenvalue weighted by Gasteiger charge is -2.48. The first kappa shape index (κ1) is 83.3. The molecule has 12 bridgehead atoms. The van der Waals surface area contributed by atoms with Gasteiger partial charge in [0.05, 0.1) is 39.7 Å². The van der Waals surface area contributed by atoms with Crippen molar-refractivity contribution in [3.8, 4) is 0 Å². The average molecular weight is 1640 g/mol. The maximum Gasteiger partial charge on any atom is 0.360 e. The van der Waals surface area contributed by atoms with Crippen molar-refractivity contribution in [1.82, 2.24) is 43.4 Å². The Kier molecular flexibility index (Phi) is 25.3. The predicted octanol–water partition coefficient (Wildman–Crippen LogP) is 11.6. The average Bonchev–Trinajstić information content (AvgIpc) is 1.74. The third-order valence-electron chi connectivity index (χ3n) is 29.2. The number of piperidine rings is 3. The second-order valence-corrected chi connectivity index (χ2v) is 37.1. The molecule has 6 aliphatic heterocycles. The number of hydrogen-bond donors (Lipinski definition) is 5. The topological polar surface area (TPSA) is 386 Å². The van der Waals surface area contributed by atoms with Crippen LogP contribution in [0.3, 0.4) is 0 Å². The van der Waals surface area contributed by atoms with Gasteiger partial charge in [-0.1, -0.05) is 129 Å². The molecule has 3 aromatic carbocycles. The summed E-state index contributed by atoms with van der Waals surface area (Å²) >= 11 is 0. The summed E-state index contributed by atoms with van der Waals surface area (Å²) < 4.78 is 10.3. The summed E-state index contributed by atoms with van der Waals surface area (Å²) in [5.41, 5.74) is 8.69. The van der Waals surface area contributed by atoms with E-state index in [2.05, 4.69) is 45.1 Å². The van der Waals surface area contributed by atoms with Gasteiger partial charge in [0.15, 0.2) is 23.7 Å². The molecule has 18 atom stereocenters. The van der Waals surface area contributed by atoms with Crippen LogP contribution in [0.25, 0.3) is 33.1 Å². The van der Waals surface area contributed by atoms with Crippen LogP contribution in [0.5, 0.6) is 0 Å².